The number of hydrogen-bond donors (Lipinski definition) is 3. The zero-order chi connectivity index (χ0) is 29.3. The van der Waals surface area contributed by atoms with E-state index in [-0.39, 0.29) is 37.8 Å². The number of aliphatic carboxylic acids is 1. The van der Waals surface area contributed by atoms with E-state index in [1.54, 1.807) is 6.92 Å². The van der Waals surface area contributed by atoms with Crippen molar-refractivity contribution in [2.75, 3.05) is 13.2 Å². The molecule has 2 aliphatic rings. The maximum Gasteiger partial charge on any atom is 0.407 e. The van der Waals surface area contributed by atoms with E-state index in [0.29, 0.717) is 6.42 Å². The molecule has 1 saturated heterocycles. The number of ether oxygens (including phenoxy) is 2. The van der Waals surface area contributed by atoms with Gasteiger partial charge in [0.25, 0.3) is 5.78 Å². The molecule has 39 heavy (non-hydrogen) atoms. The lowest BCUT2D eigenvalue weighted by Crippen LogP contribution is -2.57. The Morgan fingerprint density at radius 2 is 1.67 bits per heavy atom. The number of amides is 3. The Hall–Kier alpha value is -2.69. The van der Waals surface area contributed by atoms with Gasteiger partial charge in [-0.05, 0) is 51.9 Å². The molecule has 0 aromatic carbocycles. The van der Waals surface area contributed by atoms with Gasteiger partial charge in [0, 0.05) is 13.0 Å². The van der Waals surface area contributed by atoms with Gasteiger partial charge >= 0.3 is 12.1 Å². The van der Waals surface area contributed by atoms with E-state index in [4.69, 9.17) is 9.47 Å². The Bertz CT molecular complexity index is 879. The molecular formula is C28H47N3O8. The minimum Gasteiger partial charge on any atom is -0.475 e. The Balaban J connectivity index is 2.33. The van der Waals surface area contributed by atoms with Gasteiger partial charge in [-0.2, -0.15) is 0 Å². The lowest BCUT2D eigenvalue weighted by molar-refractivity contribution is -0.151. The van der Waals surface area contributed by atoms with Crippen LogP contribution >= 0.6 is 0 Å². The maximum absolute atomic E-state index is 14.1. The summed E-state index contributed by atoms with van der Waals surface area (Å²) in [7, 11) is 0. The van der Waals surface area contributed by atoms with Crippen LogP contribution in [0.5, 0.6) is 0 Å². The van der Waals surface area contributed by atoms with Gasteiger partial charge in [-0.1, -0.05) is 46.5 Å². The summed E-state index contributed by atoms with van der Waals surface area (Å²) in [6.07, 6.45) is 4.16. The number of hydrogen-bond acceptors (Lipinski definition) is 7. The summed E-state index contributed by atoms with van der Waals surface area (Å²) in [5.74, 6) is -3.71. The summed E-state index contributed by atoms with van der Waals surface area (Å²) >= 11 is 0. The van der Waals surface area contributed by atoms with E-state index in [2.05, 4.69) is 10.6 Å². The molecule has 1 aliphatic heterocycles. The molecule has 0 aromatic rings. The van der Waals surface area contributed by atoms with Crippen molar-refractivity contribution in [3.8, 4) is 0 Å². The molecule has 11 heteroatoms. The fourth-order valence-electron chi connectivity index (χ4n) is 5.29. The fourth-order valence-corrected chi connectivity index (χ4v) is 5.29. The third-order valence-corrected chi connectivity index (χ3v) is 7.00. The monoisotopic (exact) mass is 553 g/mol. The predicted octanol–water partition coefficient (Wildman–Crippen LogP) is 3.04. The van der Waals surface area contributed by atoms with E-state index in [0.717, 1.165) is 32.1 Å². The van der Waals surface area contributed by atoms with Crippen molar-refractivity contribution in [3.63, 3.8) is 0 Å². The Labute approximate surface area is 231 Å². The number of nitrogens with zero attached hydrogens (tertiary/aromatic N) is 1. The van der Waals surface area contributed by atoms with Crippen LogP contribution in [0.4, 0.5) is 4.79 Å². The number of likely N-dealkylation sites (tertiary alicyclic amines) is 1. The highest BCUT2D eigenvalue weighted by Gasteiger charge is 2.46. The van der Waals surface area contributed by atoms with Gasteiger partial charge in [0.2, 0.25) is 11.8 Å². The van der Waals surface area contributed by atoms with Crippen LogP contribution < -0.4 is 10.6 Å². The Morgan fingerprint density at radius 3 is 2.21 bits per heavy atom. The molecule has 0 aromatic heterocycles. The summed E-state index contributed by atoms with van der Waals surface area (Å²) in [5.41, 5.74) is -0.531. The van der Waals surface area contributed by atoms with E-state index >= 15 is 0 Å². The predicted molar refractivity (Wildman–Crippen MR) is 144 cm³/mol. The molecule has 0 spiro atoms. The van der Waals surface area contributed by atoms with Gasteiger partial charge in [-0.3, -0.25) is 14.4 Å². The molecule has 0 radical (unpaired) electrons. The Kier molecular flexibility index (Phi) is 12.2. The van der Waals surface area contributed by atoms with Crippen molar-refractivity contribution in [3.05, 3.63) is 0 Å². The van der Waals surface area contributed by atoms with Crippen LogP contribution in [0.15, 0.2) is 0 Å². The lowest BCUT2D eigenvalue weighted by Gasteiger charge is -2.34. The fraction of sp³-hybridized carbons (Fsp3) is 0.821. The molecule has 3 amide bonds. The van der Waals surface area contributed by atoms with E-state index in [1.165, 1.54) is 4.90 Å². The molecule has 1 heterocycles. The molecule has 2 rings (SSSR count). The highest BCUT2D eigenvalue weighted by molar-refractivity contribution is 6.35. The first-order valence-electron chi connectivity index (χ1n) is 14.2. The summed E-state index contributed by atoms with van der Waals surface area (Å²) in [6.45, 7) is 11.6. The summed E-state index contributed by atoms with van der Waals surface area (Å²) in [5, 5.41) is 14.6. The van der Waals surface area contributed by atoms with Crippen molar-refractivity contribution in [2.45, 2.75) is 123 Å². The van der Waals surface area contributed by atoms with Gasteiger partial charge < -0.3 is 30.1 Å². The highest BCUT2D eigenvalue weighted by atomic mass is 16.5. The number of Topliss-reactive ketones (excluding diaryl/α,β-unsaturated/α-hetero) is 1. The van der Waals surface area contributed by atoms with Gasteiger partial charge in [0.05, 0.1) is 24.4 Å². The van der Waals surface area contributed by atoms with Crippen molar-refractivity contribution >= 4 is 29.7 Å². The first-order valence-corrected chi connectivity index (χ1v) is 14.2. The van der Waals surface area contributed by atoms with Crippen LogP contribution in [-0.2, 0) is 28.7 Å². The van der Waals surface area contributed by atoms with Crippen LogP contribution in [0.25, 0.3) is 0 Å². The minimum atomic E-state index is -1.62. The zero-order valence-electron chi connectivity index (χ0n) is 24.3. The highest BCUT2D eigenvalue weighted by Crippen LogP contribution is 2.31. The number of alkyl carbamates (subject to hydrolysis) is 1. The number of ketones is 1. The lowest BCUT2D eigenvalue weighted by atomic mass is 9.83. The SMILES string of the molecule is CCC[C@H](NC(=O)[C@@H]1C[C@@H](OC(C)(C)C)CN1C(=O)[C@@H](NC(=O)OCC(C)C)C1CCCCC1)C(=O)C(=O)O. The number of carbonyl (C=O) groups is 5. The quantitative estimate of drug-likeness (QED) is 0.312. The third kappa shape index (κ3) is 10.1. The average molecular weight is 554 g/mol. The molecule has 0 bridgehead atoms. The average Bonchev–Trinajstić information content (AvgIpc) is 3.27. The summed E-state index contributed by atoms with van der Waals surface area (Å²) in [6, 6.07) is -3.05. The second kappa shape index (κ2) is 14.6. The molecule has 222 valence electrons. The molecule has 3 N–H and O–H groups in total. The van der Waals surface area contributed by atoms with E-state index in [1.807, 2.05) is 34.6 Å². The standard InChI is InChI=1S/C28H47N3O8/c1-7-11-20(23(32)26(35)36)29-24(33)21-14-19(39-28(4,5)6)15-31(21)25(34)22(18-12-9-8-10-13-18)30-27(37)38-16-17(2)3/h17-22H,7-16H2,1-6H3,(H,29,33)(H,30,37)(H,35,36)/t19-,20+,21+,22+/m1/s1. The summed E-state index contributed by atoms with van der Waals surface area (Å²) < 4.78 is 11.4. The number of carboxylic acid groups (broad SMARTS) is 1. The third-order valence-electron chi connectivity index (χ3n) is 7.00. The molecule has 2 fully saturated rings. The second-order valence-corrected chi connectivity index (χ2v) is 12.1. The van der Waals surface area contributed by atoms with Gasteiger partial charge in [-0.25, -0.2) is 9.59 Å². The van der Waals surface area contributed by atoms with E-state index < -0.39 is 59.5 Å². The van der Waals surface area contributed by atoms with Crippen molar-refractivity contribution in [1.29, 1.82) is 0 Å². The van der Waals surface area contributed by atoms with Gasteiger partial charge in [0.1, 0.15) is 12.1 Å². The number of rotatable bonds is 12. The maximum atomic E-state index is 14.1. The van der Waals surface area contributed by atoms with E-state index in [9.17, 15) is 29.1 Å². The van der Waals surface area contributed by atoms with Gasteiger partial charge in [0.15, 0.2) is 0 Å². The first kappa shape index (κ1) is 32.5. The van der Waals surface area contributed by atoms with Crippen LogP contribution in [0.1, 0.15) is 92.9 Å². The van der Waals surface area contributed by atoms with Crippen molar-refractivity contribution in [2.24, 2.45) is 11.8 Å². The van der Waals surface area contributed by atoms with Crippen molar-refractivity contribution < 1.29 is 38.6 Å². The van der Waals surface area contributed by atoms with Crippen LogP contribution in [0, 0.1) is 11.8 Å². The normalized spacial score (nSPS) is 21.8. The molecule has 1 aliphatic carbocycles. The van der Waals surface area contributed by atoms with Crippen molar-refractivity contribution in [1.82, 2.24) is 15.5 Å². The Morgan fingerprint density at radius 1 is 1.03 bits per heavy atom. The van der Waals surface area contributed by atoms with Crippen LogP contribution in [0.3, 0.4) is 0 Å². The molecule has 0 unspecified atom stereocenters. The molecule has 1 saturated carbocycles. The van der Waals surface area contributed by atoms with Crippen LogP contribution in [0.2, 0.25) is 0 Å². The minimum absolute atomic E-state index is 0.106. The molecule has 11 nitrogen and oxygen atoms in total. The zero-order valence-corrected chi connectivity index (χ0v) is 24.3. The molecular weight excluding hydrogens is 506 g/mol. The molecule has 4 atom stereocenters. The van der Waals surface area contributed by atoms with Crippen LogP contribution in [-0.4, -0.2) is 82.6 Å². The van der Waals surface area contributed by atoms with Gasteiger partial charge in [-0.15, -0.1) is 0 Å². The smallest absolute Gasteiger partial charge is 0.407 e. The largest absolute Gasteiger partial charge is 0.475 e. The topological polar surface area (TPSA) is 151 Å². The number of carbonyl (C=O) groups excluding carboxylic acids is 4. The number of nitrogens with one attached hydrogen (secondary N) is 2. The second-order valence-electron chi connectivity index (χ2n) is 12.1. The first-order chi connectivity index (χ1) is 18.2. The number of carboxylic acids is 1. The summed E-state index contributed by atoms with van der Waals surface area (Å²) in [4.78, 5) is 65.1.